The van der Waals surface area contributed by atoms with Gasteiger partial charge in [-0.2, -0.15) is 0 Å². The Balaban J connectivity index is 1.33. The van der Waals surface area contributed by atoms with Crippen LogP contribution in [0.3, 0.4) is 0 Å². The predicted octanol–water partition coefficient (Wildman–Crippen LogP) is 13.9. The van der Waals surface area contributed by atoms with E-state index in [1.54, 1.807) is 0 Å². The fourth-order valence-electron chi connectivity index (χ4n) is 8.06. The van der Waals surface area contributed by atoms with Gasteiger partial charge in [-0.1, -0.05) is 152 Å². The Hall–Kier alpha value is -6.90. The van der Waals surface area contributed by atoms with E-state index in [9.17, 15) is 0 Å². The number of para-hydroxylation sites is 3. The standard InChI is InChI=1S/C50H34N2/c1-3-16-35(17-4-1)36-30-32-39(33-31-36)51(38-19-5-2-6-20-38)48-28-15-29-49(52-46-26-13-11-24-43(46)44-25-12-14-27-47(44)52)50(48)45-34-37-18-7-8-21-40(37)41-22-9-10-23-42(41)45/h1-34H. The molecule has 0 saturated carbocycles. The molecule has 2 nitrogen and oxygen atoms in total. The average molecular weight is 663 g/mol. The van der Waals surface area contributed by atoms with Gasteiger partial charge in [0.15, 0.2) is 0 Å². The number of fused-ring (bicyclic) bond motifs is 6. The number of nitrogens with zero attached hydrogens (tertiary/aromatic N) is 2. The number of anilines is 3. The van der Waals surface area contributed by atoms with Gasteiger partial charge in [-0.05, 0) is 92.8 Å². The predicted molar refractivity (Wildman–Crippen MR) is 221 cm³/mol. The molecule has 9 aromatic carbocycles. The first-order valence-electron chi connectivity index (χ1n) is 17.9. The van der Waals surface area contributed by atoms with Crippen LogP contribution in [0, 0.1) is 0 Å². The van der Waals surface area contributed by atoms with E-state index >= 15 is 0 Å². The number of hydrogen-bond acceptors (Lipinski definition) is 1. The van der Waals surface area contributed by atoms with Crippen molar-refractivity contribution in [2.45, 2.75) is 0 Å². The van der Waals surface area contributed by atoms with E-state index in [1.807, 2.05) is 0 Å². The molecule has 10 aromatic rings. The molecule has 0 spiro atoms. The zero-order chi connectivity index (χ0) is 34.4. The monoisotopic (exact) mass is 662 g/mol. The van der Waals surface area contributed by atoms with Crippen LogP contribution in [-0.4, -0.2) is 4.57 Å². The molecule has 1 aromatic heterocycles. The molecule has 0 N–H and O–H groups in total. The van der Waals surface area contributed by atoms with Gasteiger partial charge in [0.2, 0.25) is 0 Å². The minimum absolute atomic E-state index is 1.09. The van der Waals surface area contributed by atoms with Gasteiger partial charge < -0.3 is 9.47 Å². The molecular formula is C50H34N2. The quantitative estimate of drug-likeness (QED) is 0.161. The van der Waals surface area contributed by atoms with Crippen molar-refractivity contribution >= 4 is 60.4 Å². The zero-order valence-electron chi connectivity index (χ0n) is 28.5. The molecule has 0 atom stereocenters. The maximum atomic E-state index is 2.47. The van der Waals surface area contributed by atoms with Crippen molar-refractivity contribution in [2.75, 3.05) is 4.90 Å². The Morgan fingerprint density at radius 2 is 0.865 bits per heavy atom. The summed E-state index contributed by atoms with van der Waals surface area (Å²) in [5.41, 5.74) is 11.6. The summed E-state index contributed by atoms with van der Waals surface area (Å²) in [5.74, 6) is 0. The van der Waals surface area contributed by atoms with E-state index in [2.05, 4.69) is 216 Å². The van der Waals surface area contributed by atoms with Crippen molar-refractivity contribution in [2.24, 2.45) is 0 Å². The number of aromatic nitrogens is 1. The van der Waals surface area contributed by atoms with E-state index in [4.69, 9.17) is 0 Å². The molecule has 10 rings (SSSR count). The number of hydrogen-bond donors (Lipinski definition) is 0. The average Bonchev–Trinajstić information content (AvgIpc) is 3.56. The van der Waals surface area contributed by atoms with Gasteiger partial charge in [0, 0.05) is 27.7 Å². The second-order valence-corrected chi connectivity index (χ2v) is 13.3. The van der Waals surface area contributed by atoms with Crippen LogP contribution >= 0.6 is 0 Å². The van der Waals surface area contributed by atoms with Crippen LogP contribution in [0.1, 0.15) is 0 Å². The summed E-state index contributed by atoms with van der Waals surface area (Å²) in [4.78, 5) is 2.42. The zero-order valence-corrected chi connectivity index (χ0v) is 28.5. The van der Waals surface area contributed by atoms with Crippen LogP contribution < -0.4 is 4.90 Å². The van der Waals surface area contributed by atoms with E-state index < -0.39 is 0 Å². The number of benzene rings is 9. The van der Waals surface area contributed by atoms with Gasteiger partial charge in [0.1, 0.15) is 0 Å². The highest BCUT2D eigenvalue weighted by atomic mass is 15.1. The van der Waals surface area contributed by atoms with Gasteiger partial charge in [-0.15, -0.1) is 0 Å². The molecule has 244 valence electrons. The van der Waals surface area contributed by atoms with Crippen LogP contribution in [-0.2, 0) is 0 Å². The van der Waals surface area contributed by atoms with Crippen molar-refractivity contribution in [1.29, 1.82) is 0 Å². The third-order valence-electron chi connectivity index (χ3n) is 10.4. The Labute approximate surface area is 303 Å². The van der Waals surface area contributed by atoms with E-state index in [0.29, 0.717) is 0 Å². The topological polar surface area (TPSA) is 8.17 Å². The Morgan fingerprint density at radius 1 is 0.346 bits per heavy atom. The molecule has 0 aliphatic rings. The van der Waals surface area contributed by atoms with Gasteiger partial charge in [-0.3, -0.25) is 0 Å². The third kappa shape index (κ3) is 4.88. The summed E-state index contributed by atoms with van der Waals surface area (Å²) in [5, 5.41) is 7.44. The van der Waals surface area contributed by atoms with Crippen LogP contribution in [0.2, 0.25) is 0 Å². The molecule has 1 heterocycles. The number of rotatable bonds is 6. The molecular weight excluding hydrogens is 629 g/mol. The summed E-state index contributed by atoms with van der Waals surface area (Å²) in [6, 6.07) is 74.8. The van der Waals surface area contributed by atoms with Gasteiger partial charge in [-0.25, -0.2) is 0 Å². The van der Waals surface area contributed by atoms with Gasteiger partial charge in [0.05, 0.1) is 22.4 Å². The Bertz CT molecular complexity index is 2830. The first-order valence-corrected chi connectivity index (χ1v) is 17.9. The fourth-order valence-corrected chi connectivity index (χ4v) is 8.06. The highest BCUT2D eigenvalue weighted by Gasteiger charge is 2.24. The van der Waals surface area contributed by atoms with Crippen molar-refractivity contribution < 1.29 is 0 Å². The molecule has 0 aliphatic carbocycles. The second kappa shape index (κ2) is 12.5. The summed E-state index contributed by atoms with van der Waals surface area (Å²) < 4.78 is 2.47. The largest absolute Gasteiger partial charge is 0.310 e. The lowest BCUT2D eigenvalue weighted by molar-refractivity contribution is 1.17. The summed E-state index contributed by atoms with van der Waals surface area (Å²) >= 11 is 0. The molecule has 0 saturated heterocycles. The van der Waals surface area contributed by atoms with Gasteiger partial charge in [0.25, 0.3) is 0 Å². The normalized spacial score (nSPS) is 11.5. The lowest BCUT2D eigenvalue weighted by Gasteiger charge is -2.30. The van der Waals surface area contributed by atoms with Crippen molar-refractivity contribution in [3.05, 3.63) is 206 Å². The Kier molecular flexibility index (Phi) is 7.18. The lowest BCUT2D eigenvalue weighted by Crippen LogP contribution is -2.12. The molecule has 0 aliphatic heterocycles. The molecule has 0 fully saturated rings. The smallest absolute Gasteiger partial charge is 0.0561 e. The highest BCUT2D eigenvalue weighted by molar-refractivity contribution is 6.17. The third-order valence-corrected chi connectivity index (χ3v) is 10.4. The van der Waals surface area contributed by atoms with Crippen LogP contribution in [0.5, 0.6) is 0 Å². The SMILES string of the molecule is c1ccc(-c2ccc(N(c3ccccc3)c3cccc(-n4c5ccccc5c5ccccc54)c3-c3cc4ccccc4c4ccccc34)cc2)cc1. The lowest BCUT2D eigenvalue weighted by atomic mass is 9.90. The molecule has 0 bridgehead atoms. The molecule has 0 amide bonds. The fraction of sp³-hybridized carbons (Fsp3) is 0. The minimum Gasteiger partial charge on any atom is -0.310 e. The van der Waals surface area contributed by atoms with E-state index in [1.165, 1.54) is 65.6 Å². The van der Waals surface area contributed by atoms with Crippen molar-refractivity contribution in [1.82, 2.24) is 4.57 Å². The van der Waals surface area contributed by atoms with E-state index in [0.717, 1.165) is 22.7 Å². The molecule has 0 radical (unpaired) electrons. The van der Waals surface area contributed by atoms with Crippen LogP contribution in [0.15, 0.2) is 206 Å². The van der Waals surface area contributed by atoms with Crippen LogP contribution in [0.25, 0.3) is 71.3 Å². The van der Waals surface area contributed by atoms with Gasteiger partial charge >= 0.3 is 0 Å². The first kappa shape index (κ1) is 30.0. The molecule has 0 unspecified atom stereocenters. The molecule has 2 heteroatoms. The van der Waals surface area contributed by atoms with E-state index in [-0.39, 0.29) is 0 Å². The first-order chi connectivity index (χ1) is 25.8. The Morgan fingerprint density at radius 3 is 1.56 bits per heavy atom. The second-order valence-electron chi connectivity index (χ2n) is 13.3. The van der Waals surface area contributed by atoms with Crippen molar-refractivity contribution in [3.8, 4) is 27.9 Å². The van der Waals surface area contributed by atoms with Crippen molar-refractivity contribution in [3.63, 3.8) is 0 Å². The maximum Gasteiger partial charge on any atom is 0.0561 e. The molecule has 52 heavy (non-hydrogen) atoms. The highest BCUT2D eigenvalue weighted by Crippen LogP contribution is 2.48. The summed E-state index contributed by atoms with van der Waals surface area (Å²) in [7, 11) is 0. The minimum atomic E-state index is 1.09. The summed E-state index contributed by atoms with van der Waals surface area (Å²) in [6.07, 6.45) is 0. The summed E-state index contributed by atoms with van der Waals surface area (Å²) in [6.45, 7) is 0. The maximum absolute atomic E-state index is 2.47. The van der Waals surface area contributed by atoms with Crippen LogP contribution in [0.4, 0.5) is 17.1 Å².